The van der Waals surface area contributed by atoms with Crippen LogP contribution in [0.4, 0.5) is 0 Å². The fraction of sp³-hybridized carbons (Fsp3) is 0.125. The van der Waals surface area contributed by atoms with E-state index in [1.807, 2.05) is 24.5 Å². The van der Waals surface area contributed by atoms with E-state index in [-0.39, 0.29) is 5.57 Å². The number of carbonyl (C=O) groups excluding carboxylic acids is 1. The number of nitrogens with zero attached hydrogens (tertiary/aromatic N) is 2. The number of hydrogen-bond acceptors (Lipinski definition) is 2. The molecule has 2 N–H and O–H groups in total. The molecule has 112 valence electrons. The molecule has 1 aromatic heterocycles. The topological polar surface area (TPSA) is 71.8 Å². The lowest BCUT2D eigenvalue weighted by molar-refractivity contribution is -0.114. The minimum Gasteiger partial charge on any atom is -0.365 e. The number of benzene rings is 1. The first kappa shape index (κ1) is 16.2. The normalized spacial score (nSPS) is 11.3. The molecule has 1 amide bonds. The molecule has 0 aliphatic rings. The summed E-state index contributed by atoms with van der Waals surface area (Å²) in [7, 11) is 0. The molecule has 6 heteroatoms. The monoisotopic (exact) mass is 333 g/mol. The Morgan fingerprint density at radius 1 is 1.23 bits per heavy atom. The second kappa shape index (κ2) is 6.27. The number of aromatic nitrogens is 1. The van der Waals surface area contributed by atoms with Gasteiger partial charge >= 0.3 is 0 Å². The maximum atomic E-state index is 11.2. The van der Waals surface area contributed by atoms with Crippen molar-refractivity contribution in [2.75, 3.05) is 0 Å². The first-order valence-corrected chi connectivity index (χ1v) is 7.16. The summed E-state index contributed by atoms with van der Waals surface area (Å²) in [6.45, 7) is 3.79. The Hall–Kier alpha value is -2.22. The predicted octanol–water partition coefficient (Wildman–Crippen LogP) is 3.79. The lowest BCUT2D eigenvalue weighted by atomic mass is 10.1. The average molecular weight is 334 g/mol. The molecule has 0 aliphatic carbocycles. The van der Waals surface area contributed by atoms with Gasteiger partial charge in [0.05, 0.1) is 0 Å². The molecule has 0 unspecified atom stereocenters. The van der Waals surface area contributed by atoms with Gasteiger partial charge in [-0.1, -0.05) is 23.2 Å². The van der Waals surface area contributed by atoms with Crippen molar-refractivity contribution in [1.29, 1.82) is 5.26 Å². The molecule has 0 fully saturated rings. The van der Waals surface area contributed by atoms with Gasteiger partial charge in [-0.3, -0.25) is 4.79 Å². The van der Waals surface area contributed by atoms with Gasteiger partial charge in [0.15, 0.2) is 0 Å². The summed E-state index contributed by atoms with van der Waals surface area (Å²) in [5.41, 5.74) is 8.40. The van der Waals surface area contributed by atoms with E-state index in [0.717, 1.165) is 22.6 Å². The Kier molecular flexibility index (Phi) is 4.60. The Morgan fingerprint density at radius 3 is 2.32 bits per heavy atom. The van der Waals surface area contributed by atoms with Crippen molar-refractivity contribution in [2.45, 2.75) is 13.8 Å². The average Bonchev–Trinajstić information content (AvgIpc) is 2.69. The van der Waals surface area contributed by atoms with E-state index in [9.17, 15) is 4.79 Å². The number of hydrogen-bond donors (Lipinski definition) is 1. The van der Waals surface area contributed by atoms with E-state index in [4.69, 9.17) is 34.2 Å². The molecular weight excluding hydrogens is 321 g/mol. The van der Waals surface area contributed by atoms with E-state index in [1.54, 1.807) is 24.3 Å². The van der Waals surface area contributed by atoms with Crippen LogP contribution in [0.3, 0.4) is 0 Å². The standard InChI is InChI=1S/C16H13Cl2N3O/c1-9-3-11(4-12(8-19)16(20)22)10(2)21(9)15-6-13(17)5-14(18)7-15/h3-7H,1-2H3,(H2,20,22)/b12-4+. The van der Waals surface area contributed by atoms with Crippen molar-refractivity contribution in [3.8, 4) is 11.8 Å². The molecule has 1 aromatic carbocycles. The third kappa shape index (κ3) is 3.16. The van der Waals surface area contributed by atoms with Crippen LogP contribution in [0.1, 0.15) is 17.0 Å². The zero-order valence-electron chi connectivity index (χ0n) is 12.0. The summed E-state index contributed by atoms with van der Waals surface area (Å²) >= 11 is 12.1. The minimum absolute atomic E-state index is 0.0932. The molecule has 4 nitrogen and oxygen atoms in total. The fourth-order valence-corrected chi connectivity index (χ4v) is 2.83. The number of nitrogens with two attached hydrogens (primary N) is 1. The highest BCUT2D eigenvalue weighted by molar-refractivity contribution is 6.34. The molecule has 0 spiro atoms. The maximum Gasteiger partial charge on any atom is 0.259 e. The number of amides is 1. The molecule has 2 rings (SSSR count). The van der Waals surface area contributed by atoms with Crippen molar-refractivity contribution in [3.05, 3.63) is 56.8 Å². The van der Waals surface area contributed by atoms with Crippen LogP contribution in [0.15, 0.2) is 29.8 Å². The Balaban J connectivity index is 2.62. The summed E-state index contributed by atoms with van der Waals surface area (Å²) in [5, 5.41) is 10.0. The van der Waals surface area contributed by atoms with E-state index in [0.29, 0.717) is 10.0 Å². The molecule has 0 saturated carbocycles. The summed E-state index contributed by atoms with van der Waals surface area (Å²) in [4.78, 5) is 11.2. The number of aryl methyl sites for hydroxylation is 1. The largest absolute Gasteiger partial charge is 0.365 e. The highest BCUT2D eigenvalue weighted by Crippen LogP contribution is 2.27. The van der Waals surface area contributed by atoms with E-state index in [2.05, 4.69) is 0 Å². The van der Waals surface area contributed by atoms with Crippen molar-refractivity contribution in [3.63, 3.8) is 0 Å². The van der Waals surface area contributed by atoms with Crippen LogP contribution in [0.2, 0.25) is 10.0 Å². The molecule has 0 bridgehead atoms. The van der Waals surface area contributed by atoms with Gasteiger partial charge in [0.1, 0.15) is 11.6 Å². The summed E-state index contributed by atoms with van der Waals surface area (Å²) < 4.78 is 1.94. The maximum absolute atomic E-state index is 11.2. The highest BCUT2D eigenvalue weighted by Gasteiger charge is 2.12. The van der Waals surface area contributed by atoms with Crippen LogP contribution < -0.4 is 5.73 Å². The lowest BCUT2D eigenvalue weighted by Crippen LogP contribution is -2.12. The van der Waals surface area contributed by atoms with Crippen LogP contribution in [0, 0.1) is 25.2 Å². The molecule has 1 heterocycles. The van der Waals surface area contributed by atoms with Gasteiger partial charge in [-0.15, -0.1) is 0 Å². The van der Waals surface area contributed by atoms with Gasteiger partial charge in [0.25, 0.3) is 5.91 Å². The number of carbonyl (C=O) groups is 1. The molecule has 22 heavy (non-hydrogen) atoms. The van der Waals surface area contributed by atoms with E-state index < -0.39 is 5.91 Å². The van der Waals surface area contributed by atoms with Gasteiger partial charge in [-0.25, -0.2) is 0 Å². The number of nitriles is 1. The summed E-state index contributed by atoms with van der Waals surface area (Å²) in [5.74, 6) is -0.752. The van der Waals surface area contributed by atoms with Crippen molar-refractivity contribution >= 4 is 35.2 Å². The van der Waals surface area contributed by atoms with Crippen LogP contribution in [-0.4, -0.2) is 10.5 Å². The number of halogens is 2. The Bertz CT molecular complexity index is 808. The minimum atomic E-state index is -0.752. The Labute approximate surface area is 138 Å². The summed E-state index contributed by atoms with van der Waals surface area (Å²) in [6, 6.07) is 8.90. The molecule has 0 atom stereocenters. The van der Waals surface area contributed by atoms with E-state index >= 15 is 0 Å². The zero-order chi connectivity index (χ0) is 16.4. The summed E-state index contributed by atoms with van der Waals surface area (Å²) in [6.07, 6.45) is 1.48. The van der Waals surface area contributed by atoms with Gasteiger partial charge in [0.2, 0.25) is 0 Å². The Morgan fingerprint density at radius 2 is 1.82 bits per heavy atom. The fourth-order valence-electron chi connectivity index (χ4n) is 2.31. The molecular formula is C16H13Cl2N3O. The molecule has 0 aliphatic heterocycles. The quantitative estimate of drug-likeness (QED) is 0.685. The third-order valence-electron chi connectivity index (χ3n) is 3.26. The van der Waals surface area contributed by atoms with Crippen molar-refractivity contribution in [2.24, 2.45) is 5.73 Å². The zero-order valence-corrected chi connectivity index (χ0v) is 13.5. The van der Waals surface area contributed by atoms with Gasteiger partial charge in [-0.2, -0.15) is 5.26 Å². The SMILES string of the molecule is Cc1cc(/C=C(\C#N)C(N)=O)c(C)n1-c1cc(Cl)cc(Cl)c1. The first-order valence-electron chi connectivity index (χ1n) is 6.40. The third-order valence-corrected chi connectivity index (χ3v) is 3.70. The van der Waals surface area contributed by atoms with Gasteiger partial charge < -0.3 is 10.3 Å². The molecule has 0 radical (unpaired) electrons. The first-order chi connectivity index (χ1) is 10.3. The lowest BCUT2D eigenvalue weighted by Gasteiger charge is -2.10. The second-order valence-corrected chi connectivity index (χ2v) is 5.70. The van der Waals surface area contributed by atoms with Crippen molar-refractivity contribution < 1.29 is 4.79 Å². The van der Waals surface area contributed by atoms with Crippen LogP contribution in [0.25, 0.3) is 11.8 Å². The smallest absolute Gasteiger partial charge is 0.259 e. The van der Waals surface area contributed by atoms with Crippen LogP contribution >= 0.6 is 23.2 Å². The number of rotatable bonds is 3. The molecule has 2 aromatic rings. The second-order valence-electron chi connectivity index (χ2n) is 4.82. The van der Waals surface area contributed by atoms with Crippen molar-refractivity contribution in [1.82, 2.24) is 4.57 Å². The van der Waals surface area contributed by atoms with E-state index in [1.165, 1.54) is 6.08 Å². The van der Waals surface area contributed by atoms with Gasteiger partial charge in [0, 0.05) is 27.1 Å². The van der Waals surface area contributed by atoms with Crippen LogP contribution in [-0.2, 0) is 4.79 Å². The predicted molar refractivity (Wildman–Crippen MR) is 88.0 cm³/mol. The van der Waals surface area contributed by atoms with Gasteiger partial charge in [-0.05, 0) is 49.8 Å². The highest BCUT2D eigenvalue weighted by atomic mass is 35.5. The number of primary amides is 1. The molecule has 0 saturated heterocycles. The van der Waals surface area contributed by atoms with Crippen LogP contribution in [0.5, 0.6) is 0 Å².